The smallest absolute Gasteiger partial charge is 0.366 e. The van der Waals surface area contributed by atoms with E-state index in [1.165, 1.54) is 26.9 Å². The first kappa shape index (κ1) is 62.7. The van der Waals surface area contributed by atoms with Gasteiger partial charge in [-0.3, -0.25) is 14.4 Å². The zero-order chi connectivity index (χ0) is 65.1. The molecule has 8 aromatic carbocycles. The maximum absolute atomic E-state index is 13.9. The van der Waals surface area contributed by atoms with E-state index >= 15 is 0 Å². The molecule has 93 heavy (non-hydrogen) atoms. The van der Waals surface area contributed by atoms with Crippen LogP contribution in [0.25, 0.3) is 0 Å². The fourth-order valence-electron chi connectivity index (χ4n) is 10.2. The van der Waals surface area contributed by atoms with Gasteiger partial charge in [-0.25, -0.2) is 9.59 Å². The predicted octanol–water partition coefficient (Wildman–Crippen LogP) is 11.9. The monoisotopic (exact) mass is 1240 g/mol. The van der Waals surface area contributed by atoms with Crippen LogP contribution in [-0.4, -0.2) is 90.4 Å². The number of aryl methyl sites for hydroxylation is 6. The molecule has 0 saturated heterocycles. The lowest BCUT2D eigenvalue weighted by molar-refractivity contribution is -0.122. The number of nitrogens with zero attached hydrogens (tertiary/aromatic N) is 10. The largest absolute Gasteiger partial charge is 0.487 e. The minimum Gasteiger partial charge on any atom is -0.487 e. The molecule has 0 radical (unpaired) electrons. The van der Waals surface area contributed by atoms with Crippen LogP contribution >= 0.6 is 0 Å². The zero-order valence-corrected chi connectivity index (χ0v) is 52.0. The van der Waals surface area contributed by atoms with Crippen molar-refractivity contribution in [3.8, 4) is 28.7 Å². The standard InChI is InChI=1S/C37H36N6O4.C35H29N5O6/c1-24-15-20-34(25(2)21-24)47-27(4)36(44)38-29-16-18-30(19-17-29)42-37(45)35(33(40-42)23-46-31-13-9-6-10-14-31)43-39-26(3)32(41-43)22-28-11-7-5-8-12-28;1-22-17-18-30(23(2)19-22)44-21-29-32(33(41)39(37-29)26-12-6-4-7-13-26)40-36-24(3)31(38-40)35(43)46-28-16-10-11-25(20-28)34(42)45-27-14-8-5-9-15-27/h5-21,27,35H,22-23H2,1-4H3,(H,38,44);4-20,32H,21H2,1-3H3. The second-order valence-electron chi connectivity index (χ2n) is 22.1. The number of para-hydroxylation sites is 3. The summed E-state index contributed by atoms with van der Waals surface area (Å²) < 4.78 is 28.9. The molecule has 0 spiro atoms. The number of aromatic nitrogens is 6. The highest BCUT2D eigenvalue weighted by atomic mass is 16.5. The Kier molecular flexibility index (Phi) is 19.1. The molecule has 468 valence electrons. The molecule has 21 heteroatoms. The topological polar surface area (TPSA) is 236 Å². The number of hydrogen-bond acceptors (Lipinski definition) is 16. The van der Waals surface area contributed by atoms with Crippen LogP contribution in [0.2, 0.25) is 0 Å². The summed E-state index contributed by atoms with van der Waals surface area (Å²) in [6.45, 7) is 13.1. The molecule has 2 aliphatic heterocycles. The quantitative estimate of drug-likeness (QED) is 0.0552. The van der Waals surface area contributed by atoms with E-state index in [0.29, 0.717) is 57.9 Å². The van der Waals surface area contributed by atoms with Crippen LogP contribution in [0.4, 0.5) is 17.1 Å². The summed E-state index contributed by atoms with van der Waals surface area (Å²) in [6, 6.07) is 59.6. The summed E-state index contributed by atoms with van der Waals surface area (Å²) >= 11 is 0. The van der Waals surface area contributed by atoms with Gasteiger partial charge in [0.15, 0.2) is 23.9 Å². The van der Waals surface area contributed by atoms with Crippen molar-refractivity contribution in [1.29, 1.82) is 0 Å². The van der Waals surface area contributed by atoms with Gasteiger partial charge in [-0.1, -0.05) is 126 Å². The summed E-state index contributed by atoms with van der Waals surface area (Å²) in [7, 11) is 0. The Morgan fingerprint density at radius 3 is 1.62 bits per heavy atom. The van der Waals surface area contributed by atoms with Crippen LogP contribution in [0.3, 0.4) is 0 Å². The number of nitrogens with one attached hydrogen (secondary N) is 1. The molecule has 1 N–H and O–H groups in total. The van der Waals surface area contributed by atoms with Gasteiger partial charge in [-0.2, -0.15) is 45.1 Å². The number of anilines is 3. The molecule has 2 aromatic heterocycles. The first-order valence-corrected chi connectivity index (χ1v) is 29.9. The third kappa shape index (κ3) is 15.1. The summed E-state index contributed by atoms with van der Waals surface area (Å²) in [6.07, 6.45) is -0.128. The Bertz CT molecular complexity index is 4420. The molecule has 4 heterocycles. The van der Waals surface area contributed by atoms with Crippen molar-refractivity contribution in [2.24, 2.45) is 10.2 Å². The van der Waals surface area contributed by atoms with E-state index in [4.69, 9.17) is 28.8 Å². The molecule has 12 rings (SSSR count). The number of hydrogen-bond donors (Lipinski definition) is 1. The van der Waals surface area contributed by atoms with E-state index in [0.717, 1.165) is 44.0 Å². The molecule has 0 saturated carbocycles. The third-order valence-corrected chi connectivity index (χ3v) is 15.0. The Morgan fingerprint density at radius 2 is 1.01 bits per heavy atom. The van der Waals surface area contributed by atoms with Crippen molar-refractivity contribution in [3.05, 3.63) is 262 Å². The van der Waals surface area contributed by atoms with Gasteiger partial charge in [0, 0.05) is 12.1 Å². The first-order chi connectivity index (χ1) is 45.0. The average Bonchev–Trinajstić information content (AvgIpc) is 1.64. The maximum atomic E-state index is 13.9. The maximum Gasteiger partial charge on any atom is 0.366 e. The molecular formula is C72H65N11O10. The van der Waals surface area contributed by atoms with Crippen LogP contribution < -0.4 is 39.0 Å². The van der Waals surface area contributed by atoms with E-state index in [9.17, 15) is 24.0 Å². The van der Waals surface area contributed by atoms with Crippen molar-refractivity contribution in [2.75, 3.05) is 28.5 Å². The Labute approximate surface area is 536 Å². The number of ether oxygens (including phenoxy) is 5. The highest BCUT2D eigenvalue weighted by Crippen LogP contribution is 2.32. The number of carbonyl (C=O) groups is 5. The van der Waals surface area contributed by atoms with Crippen molar-refractivity contribution in [2.45, 2.75) is 73.1 Å². The van der Waals surface area contributed by atoms with Gasteiger partial charge in [0.1, 0.15) is 53.4 Å². The molecular weight excluding hydrogens is 1180 g/mol. The molecule has 2 aliphatic rings. The average molecular weight is 1240 g/mol. The van der Waals surface area contributed by atoms with Crippen LogP contribution in [0.1, 0.15) is 84.8 Å². The van der Waals surface area contributed by atoms with Gasteiger partial charge >= 0.3 is 11.9 Å². The highest BCUT2D eigenvalue weighted by molar-refractivity contribution is 6.18. The van der Waals surface area contributed by atoms with Crippen LogP contribution in [0.5, 0.6) is 28.7 Å². The van der Waals surface area contributed by atoms with Gasteiger partial charge in [0.25, 0.3) is 17.7 Å². The van der Waals surface area contributed by atoms with Gasteiger partial charge in [0.05, 0.1) is 34.0 Å². The number of benzene rings is 8. The Hall–Kier alpha value is -11.9. The molecule has 21 nitrogen and oxygen atoms in total. The van der Waals surface area contributed by atoms with Crippen LogP contribution in [0.15, 0.2) is 216 Å². The lowest BCUT2D eigenvalue weighted by Crippen LogP contribution is -2.33. The van der Waals surface area contributed by atoms with Gasteiger partial charge in [-0.15, -0.1) is 5.10 Å². The van der Waals surface area contributed by atoms with Crippen molar-refractivity contribution >= 4 is 58.1 Å². The van der Waals surface area contributed by atoms with E-state index in [1.54, 1.807) is 98.8 Å². The lowest BCUT2D eigenvalue weighted by Gasteiger charge is -2.17. The van der Waals surface area contributed by atoms with E-state index in [2.05, 4.69) is 30.8 Å². The summed E-state index contributed by atoms with van der Waals surface area (Å²) in [5, 5.41) is 32.9. The Balaban J connectivity index is 0.000000190. The Morgan fingerprint density at radius 1 is 0.495 bits per heavy atom. The van der Waals surface area contributed by atoms with E-state index in [-0.39, 0.29) is 47.7 Å². The predicted molar refractivity (Wildman–Crippen MR) is 350 cm³/mol. The number of carbonyl (C=O) groups excluding carboxylic acids is 5. The summed E-state index contributed by atoms with van der Waals surface area (Å²) in [5.74, 6) is 0.0298. The minimum absolute atomic E-state index is 0.0180. The fourth-order valence-corrected chi connectivity index (χ4v) is 10.2. The van der Waals surface area contributed by atoms with Gasteiger partial charge in [0.2, 0.25) is 0 Å². The molecule has 3 amide bonds. The number of rotatable bonds is 20. The highest BCUT2D eigenvalue weighted by Gasteiger charge is 2.42. The van der Waals surface area contributed by atoms with Crippen molar-refractivity contribution < 1.29 is 47.7 Å². The SMILES string of the molecule is Cc1ccc(OC(C)C(=O)Nc2ccc(N3N=C(COc4ccccc4)C(n4nc(C)c(Cc5ccccc5)n4)C3=O)cc2)c(C)c1.Cc1ccc(OCC2=NN(c3ccccc3)C(=O)C2n2nc(C)c(C(=O)Oc3cccc(C(=O)Oc4ccccc4)c3)n2)c(C)c1. The molecule has 3 atom stereocenters. The summed E-state index contributed by atoms with van der Waals surface area (Å²) in [4.78, 5) is 69.1. The van der Waals surface area contributed by atoms with Crippen molar-refractivity contribution in [3.63, 3.8) is 0 Å². The van der Waals surface area contributed by atoms with Crippen LogP contribution in [-0.2, 0) is 20.8 Å². The molecule has 0 fully saturated rings. The number of amides is 3. The molecule has 0 bridgehead atoms. The zero-order valence-electron chi connectivity index (χ0n) is 52.0. The van der Waals surface area contributed by atoms with E-state index in [1.807, 2.05) is 144 Å². The van der Waals surface area contributed by atoms with Gasteiger partial charge in [-0.05, 0) is 156 Å². The lowest BCUT2D eigenvalue weighted by atomic mass is 10.1. The molecule has 0 aliphatic carbocycles. The summed E-state index contributed by atoms with van der Waals surface area (Å²) in [5.41, 5.74) is 9.55. The minimum atomic E-state index is -1.07. The van der Waals surface area contributed by atoms with Crippen molar-refractivity contribution in [1.82, 2.24) is 30.0 Å². The fraction of sp³-hybridized carbons (Fsp3) is 0.181. The molecule has 3 unspecified atom stereocenters. The van der Waals surface area contributed by atoms with E-state index < -0.39 is 36.0 Å². The second-order valence-corrected chi connectivity index (χ2v) is 22.1. The second kappa shape index (κ2) is 28.3. The normalized spacial score (nSPS) is 14.5. The number of hydrazone groups is 2. The third-order valence-electron chi connectivity index (χ3n) is 15.0. The first-order valence-electron chi connectivity index (χ1n) is 29.9. The number of esters is 2. The molecule has 10 aromatic rings. The van der Waals surface area contributed by atoms with Gasteiger partial charge < -0.3 is 29.0 Å². The van der Waals surface area contributed by atoms with Crippen LogP contribution in [0, 0.1) is 41.5 Å².